The number of amides is 1. The molecule has 0 aromatic heterocycles. The van der Waals surface area contributed by atoms with Crippen molar-refractivity contribution in [3.05, 3.63) is 90.0 Å². The van der Waals surface area contributed by atoms with Gasteiger partial charge in [-0.05, 0) is 54.4 Å². The molecule has 8 heteroatoms. The van der Waals surface area contributed by atoms with Gasteiger partial charge < -0.3 is 14.4 Å². The minimum Gasteiger partial charge on any atom is -0.497 e. The van der Waals surface area contributed by atoms with Crippen molar-refractivity contribution in [2.45, 2.75) is 24.4 Å². The van der Waals surface area contributed by atoms with Gasteiger partial charge in [-0.3, -0.25) is 4.79 Å². The van der Waals surface area contributed by atoms with Crippen LogP contribution in [0.15, 0.2) is 83.8 Å². The molecule has 0 bridgehead atoms. The third-order valence-corrected chi connectivity index (χ3v) is 6.69. The molecule has 0 aliphatic rings. The van der Waals surface area contributed by atoms with E-state index in [1.165, 1.54) is 12.1 Å². The molecule has 174 valence electrons. The highest BCUT2D eigenvalue weighted by Crippen LogP contribution is 2.20. The molecule has 1 amide bonds. The molecule has 0 radical (unpaired) electrons. The summed E-state index contributed by atoms with van der Waals surface area (Å²) in [6.45, 7) is 2.08. The Morgan fingerprint density at radius 2 is 1.55 bits per heavy atom. The Hall–Kier alpha value is -3.36. The average molecular weight is 469 g/mol. The molecule has 0 saturated carbocycles. The van der Waals surface area contributed by atoms with Gasteiger partial charge >= 0.3 is 0 Å². The van der Waals surface area contributed by atoms with Crippen LogP contribution in [0.25, 0.3) is 0 Å². The molecule has 0 heterocycles. The molecule has 33 heavy (non-hydrogen) atoms. The Labute approximate surface area is 195 Å². The van der Waals surface area contributed by atoms with E-state index in [9.17, 15) is 13.2 Å². The second-order valence-electron chi connectivity index (χ2n) is 7.61. The predicted molar refractivity (Wildman–Crippen MR) is 127 cm³/mol. The van der Waals surface area contributed by atoms with E-state index >= 15 is 0 Å². The topological polar surface area (TPSA) is 84.9 Å². The third-order valence-electron chi connectivity index (χ3n) is 5.13. The molecule has 0 fully saturated rings. The molecule has 1 atom stereocenters. The summed E-state index contributed by atoms with van der Waals surface area (Å²) in [7, 11) is -0.396. The van der Waals surface area contributed by atoms with Gasteiger partial charge in [-0.1, -0.05) is 42.5 Å². The number of benzene rings is 3. The number of hydrogen-bond acceptors (Lipinski definition) is 5. The fraction of sp³-hybridized carbons (Fsp3) is 0.240. The van der Waals surface area contributed by atoms with E-state index in [-0.39, 0.29) is 23.5 Å². The van der Waals surface area contributed by atoms with Gasteiger partial charge in [-0.2, -0.15) is 0 Å². The summed E-state index contributed by atoms with van der Waals surface area (Å²) in [6, 6.07) is 22.5. The number of carbonyl (C=O) groups is 1. The SMILES string of the molecule is COc1ccc(CN(C)C(=O)COc2ccc(S(=O)(=O)N[C@H](C)c3ccccc3)cc2)cc1. The van der Waals surface area contributed by atoms with Crippen LogP contribution in [0, 0.1) is 0 Å². The molecule has 0 aliphatic heterocycles. The molecule has 3 rings (SSSR count). The van der Waals surface area contributed by atoms with Crippen LogP contribution in [0.3, 0.4) is 0 Å². The molecule has 0 unspecified atom stereocenters. The van der Waals surface area contributed by atoms with Crippen LogP contribution in [0.1, 0.15) is 24.1 Å². The molecule has 0 aliphatic carbocycles. The Balaban J connectivity index is 1.53. The highest BCUT2D eigenvalue weighted by atomic mass is 32.2. The van der Waals surface area contributed by atoms with Gasteiger partial charge in [-0.25, -0.2) is 13.1 Å². The Morgan fingerprint density at radius 1 is 0.939 bits per heavy atom. The molecule has 1 N–H and O–H groups in total. The van der Waals surface area contributed by atoms with Gasteiger partial charge in [0, 0.05) is 19.6 Å². The van der Waals surface area contributed by atoms with Crippen molar-refractivity contribution in [2.24, 2.45) is 0 Å². The number of nitrogens with one attached hydrogen (secondary N) is 1. The summed E-state index contributed by atoms with van der Waals surface area (Å²) in [5, 5.41) is 0. The van der Waals surface area contributed by atoms with Crippen LogP contribution in [-0.4, -0.2) is 40.0 Å². The van der Waals surface area contributed by atoms with Gasteiger partial charge in [0.1, 0.15) is 11.5 Å². The maximum Gasteiger partial charge on any atom is 0.260 e. The van der Waals surface area contributed by atoms with Crippen LogP contribution < -0.4 is 14.2 Å². The molecule has 3 aromatic carbocycles. The van der Waals surface area contributed by atoms with E-state index in [0.717, 1.165) is 16.9 Å². The molecule has 7 nitrogen and oxygen atoms in total. The van der Waals surface area contributed by atoms with Crippen LogP contribution >= 0.6 is 0 Å². The van der Waals surface area contributed by atoms with Crippen molar-refractivity contribution in [3.8, 4) is 11.5 Å². The number of rotatable bonds is 10. The first kappa shape index (κ1) is 24.3. The lowest BCUT2D eigenvalue weighted by molar-refractivity contribution is -0.132. The van der Waals surface area contributed by atoms with Crippen molar-refractivity contribution in [1.82, 2.24) is 9.62 Å². The van der Waals surface area contributed by atoms with E-state index < -0.39 is 10.0 Å². The molecule has 0 spiro atoms. The first-order valence-corrected chi connectivity index (χ1v) is 11.9. The van der Waals surface area contributed by atoms with Crippen molar-refractivity contribution >= 4 is 15.9 Å². The minimum absolute atomic E-state index is 0.126. The average Bonchev–Trinajstić information content (AvgIpc) is 2.83. The first-order chi connectivity index (χ1) is 15.8. The van der Waals surface area contributed by atoms with Crippen molar-refractivity contribution < 1.29 is 22.7 Å². The predicted octanol–water partition coefficient (Wildman–Crippen LogP) is 3.77. The van der Waals surface area contributed by atoms with Crippen molar-refractivity contribution in [2.75, 3.05) is 20.8 Å². The van der Waals surface area contributed by atoms with Gasteiger partial charge in [0.05, 0.1) is 12.0 Å². The van der Waals surface area contributed by atoms with Crippen molar-refractivity contribution in [1.29, 1.82) is 0 Å². The Morgan fingerprint density at radius 3 is 2.15 bits per heavy atom. The largest absolute Gasteiger partial charge is 0.497 e. The summed E-state index contributed by atoms with van der Waals surface area (Å²) in [6.07, 6.45) is 0. The lowest BCUT2D eigenvalue weighted by Crippen LogP contribution is -2.31. The van der Waals surface area contributed by atoms with E-state index in [0.29, 0.717) is 12.3 Å². The zero-order valence-corrected chi connectivity index (χ0v) is 19.7. The number of carbonyl (C=O) groups excluding carboxylic acids is 1. The van der Waals surface area contributed by atoms with Crippen molar-refractivity contribution in [3.63, 3.8) is 0 Å². The highest BCUT2D eigenvalue weighted by molar-refractivity contribution is 7.89. The normalized spacial score (nSPS) is 12.1. The van der Waals surface area contributed by atoms with Crippen LogP contribution in [0.4, 0.5) is 0 Å². The molecular weight excluding hydrogens is 440 g/mol. The number of nitrogens with zero attached hydrogens (tertiary/aromatic N) is 1. The van der Waals surface area contributed by atoms with E-state index in [1.807, 2.05) is 54.6 Å². The summed E-state index contributed by atoms with van der Waals surface area (Å²) >= 11 is 0. The van der Waals surface area contributed by atoms with Crippen LogP contribution in [-0.2, 0) is 21.4 Å². The summed E-state index contributed by atoms with van der Waals surface area (Å²) < 4.78 is 38.7. The number of sulfonamides is 1. The summed E-state index contributed by atoms with van der Waals surface area (Å²) in [5.74, 6) is 0.975. The van der Waals surface area contributed by atoms with Gasteiger partial charge in [0.25, 0.3) is 5.91 Å². The minimum atomic E-state index is -3.70. The van der Waals surface area contributed by atoms with E-state index in [1.54, 1.807) is 38.1 Å². The lowest BCUT2D eigenvalue weighted by atomic mass is 10.1. The van der Waals surface area contributed by atoms with Gasteiger partial charge in [-0.15, -0.1) is 0 Å². The first-order valence-electron chi connectivity index (χ1n) is 10.5. The lowest BCUT2D eigenvalue weighted by Gasteiger charge is -2.18. The number of likely N-dealkylation sites (N-methyl/N-ethyl adjacent to an activating group) is 1. The zero-order chi connectivity index (χ0) is 23.8. The van der Waals surface area contributed by atoms with E-state index in [2.05, 4.69) is 4.72 Å². The fourth-order valence-corrected chi connectivity index (χ4v) is 4.41. The zero-order valence-electron chi connectivity index (χ0n) is 18.9. The third kappa shape index (κ3) is 6.81. The summed E-state index contributed by atoms with van der Waals surface area (Å²) in [5.41, 5.74) is 1.84. The number of ether oxygens (including phenoxy) is 2. The molecule has 3 aromatic rings. The maximum absolute atomic E-state index is 12.7. The second-order valence-corrected chi connectivity index (χ2v) is 9.33. The Bertz CT molecular complexity index is 1150. The molecule has 0 saturated heterocycles. The quantitative estimate of drug-likeness (QED) is 0.490. The standard InChI is InChI=1S/C25H28N2O5S/c1-19(21-7-5-4-6-8-21)26-33(29,30)24-15-13-23(14-16-24)32-18-25(28)27(2)17-20-9-11-22(31-3)12-10-20/h4-16,19,26H,17-18H2,1-3H3/t19-/m1/s1. The maximum atomic E-state index is 12.7. The van der Waals surface area contributed by atoms with E-state index in [4.69, 9.17) is 9.47 Å². The fourth-order valence-electron chi connectivity index (χ4n) is 3.17. The molecular formula is C25H28N2O5S. The van der Waals surface area contributed by atoms with Crippen LogP contribution in [0.2, 0.25) is 0 Å². The summed E-state index contributed by atoms with van der Waals surface area (Å²) in [4.78, 5) is 14.1. The monoisotopic (exact) mass is 468 g/mol. The number of methoxy groups -OCH3 is 1. The van der Waals surface area contributed by atoms with Crippen LogP contribution in [0.5, 0.6) is 11.5 Å². The smallest absolute Gasteiger partial charge is 0.260 e. The Kier molecular flexibility index (Phi) is 8.08. The van der Waals surface area contributed by atoms with Gasteiger partial charge in [0.2, 0.25) is 10.0 Å². The second kappa shape index (κ2) is 11.0. The number of hydrogen-bond donors (Lipinski definition) is 1. The van der Waals surface area contributed by atoms with Gasteiger partial charge in [0.15, 0.2) is 6.61 Å². The highest BCUT2D eigenvalue weighted by Gasteiger charge is 2.18.